The molecule has 1 aliphatic heterocycles. The summed E-state index contributed by atoms with van der Waals surface area (Å²) in [6, 6.07) is 0.344. The van der Waals surface area contributed by atoms with Crippen molar-refractivity contribution in [1.29, 1.82) is 0 Å². The van der Waals surface area contributed by atoms with Gasteiger partial charge in [0.1, 0.15) is 6.61 Å². The van der Waals surface area contributed by atoms with Gasteiger partial charge in [-0.15, -0.1) is 0 Å². The first-order valence-electron chi connectivity index (χ1n) is 5.86. The largest absolute Gasteiger partial charge is 0.372 e. The zero-order chi connectivity index (χ0) is 11.1. The highest BCUT2D eigenvalue weighted by Gasteiger charge is 2.25. The van der Waals surface area contributed by atoms with E-state index in [-0.39, 0.29) is 12.5 Å². The fraction of sp³-hybridized carbons (Fsp3) is 0.909. The van der Waals surface area contributed by atoms with Crippen molar-refractivity contribution in [1.82, 2.24) is 4.90 Å². The van der Waals surface area contributed by atoms with Crippen LogP contribution in [0.4, 0.5) is 0 Å². The highest BCUT2D eigenvalue weighted by molar-refractivity contribution is 5.77. The Morgan fingerprint density at radius 3 is 3.00 bits per heavy atom. The maximum Gasteiger partial charge on any atom is 0.248 e. The Labute approximate surface area is 91.8 Å². The Bertz CT molecular complexity index is 195. The van der Waals surface area contributed by atoms with E-state index in [1.165, 1.54) is 6.42 Å². The van der Waals surface area contributed by atoms with Crippen LogP contribution < -0.4 is 5.73 Å². The van der Waals surface area contributed by atoms with Crippen LogP contribution in [-0.4, -0.2) is 43.2 Å². The first kappa shape index (κ1) is 12.5. The molecule has 2 N–H and O–H groups in total. The summed E-state index contributed by atoms with van der Waals surface area (Å²) in [7, 11) is 0. The average molecular weight is 214 g/mol. The lowest BCUT2D eigenvalue weighted by atomic mass is 9.99. The van der Waals surface area contributed by atoms with E-state index in [0.29, 0.717) is 19.2 Å². The summed E-state index contributed by atoms with van der Waals surface area (Å²) in [5.74, 6) is 0.120. The molecular formula is C11H22N2O2. The van der Waals surface area contributed by atoms with E-state index < -0.39 is 0 Å². The third-order valence-electron chi connectivity index (χ3n) is 2.88. The van der Waals surface area contributed by atoms with Crippen molar-refractivity contribution in [2.75, 3.05) is 26.3 Å². The molecule has 1 amide bonds. The number of carbonyl (C=O) groups is 1. The first-order chi connectivity index (χ1) is 7.29. The fourth-order valence-electron chi connectivity index (χ4n) is 2.09. The molecule has 0 saturated carbocycles. The minimum absolute atomic E-state index is 0.120. The number of ether oxygens (including phenoxy) is 1. The maximum atomic E-state index is 11.8. The van der Waals surface area contributed by atoms with E-state index in [1.807, 2.05) is 11.8 Å². The second kappa shape index (κ2) is 6.80. The van der Waals surface area contributed by atoms with Crippen molar-refractivity contribution in [3.05, 3.63) is 0 Å². The van der Waals surface area contributed by atoms with Crippen molar-refractivity contribution < 1.29 is 9.53 Å². The van der Waals surface area contributed by atoms with Gasteiger partial charge in [0.15, 0.2) is 0 Å². The van der Waals surface area contributed by atoms with Gasteiger partial charge in [0.25, 0.3) is 0 Å². The first-order valence-corrected chi connectivity index (χ1v) is 5.86. The molecule has 88 valence electrons. The van der Waals surface area contributed by atoms with Crippen molar-refractivity contribution in [2.45, 2.75) is 38.6 Å². The SMILES string of the molecule is CCOCC(=O)N1CCCCC1CCN. The summed E-state index contributed by atoms with van der Waals surface area (Å²) in [5.41, 5.74) is 5.55. The summed E-state index contributed by atoms with van der Waals surface area (Å²) in [4.78, 5) is 13.8. The highest BCUT2D eigenvalue weighted by Crippen LogP contribution is 2.19. The Morgan fingerprint density at radius 2 is 2.33 bits per heavy atom. The third kappa shape index (κ3) is 3.80. The third-order valence-corrected chi connectivity index (χ3v) is 2.88. The van der Waals surface area contributed by atoms with Crippen LogP contribution in [0.25, 0.3) is 0 Å². The number of hydrogen-bond acceptors (Lipinski definition) is 3. The van der Waals surface area contributed by atoms with Gasteiger partial charge in [-0.1, -0.05) is 0 Å². The monoisotopic (exact) mass is 214 g/mol. The molecular weight excluding hydrogens is 192 g/mol. The molecule has 1 fully saturated rings. The topological polar surface area (TPSA) is 55.6 Å². The van der Waals surface area contributed by atoms with E-state index in [0.717, 1.165) is 25.8 Å². The second-order valence-corrected chi connectivity index (χ2v) is 3.95. The van der Waals surface area contributed by atoms with Crippen LogP contribution in [0.3, 0.4) is 0 Å². The average Bonchev–Trinajstić information content (AvgIpc) is 2.27. The number of nitrogens with zero attached hydrogens (tertiary/aromatic N) is 1. The predicted octanol–water partition coefficient (Wildman–Crippen LogP) is 0.753. The molecule has 0 spiro atoms. The molecule has 0 aromatic carbocycles. The molecule has 1 rings (SSSR count). The smallest absolute Gasteiger partial charge is 0.248 e. The number of piperidine rings is 1. The van der Waals surface area contributed by atoms with Gasteiger partial charge in [-0.3, -0.25) is 4.79 Å². The molecule has 4 nitrogen and oxygen atoms in total. The normalized spacial score (nSPS) is 21.7. The zero-order valence-corrected chi connectivity index (χ0v) is 9.58. The van der Waals surface area contributed by atoms with Crippen molar-refractivity contribution >= 4 is 5.91 Å². The summed E-state index contributed by atoms with van der Waals surface area (Å²) in [5, 5.41) is 0. The molecule has 0 aromatic rings. The quantitative estimate of drug-likeness (QED) is 0.735. The number of carbonyl (C=O) groups excluding carboxylic acids is 1. The van der Waals surface area contributed by atoms with Gasteiger partial charge < -0.3 is 15.4 Å². The summed E-state index contributed by atoms with van der Waals surface area (Å²) >= 11 is 0. The van der Waals surface area contributed by atoms with Gasteiger partial charge in [-0.05, 0) is 39.2 Å². The number of hydrogen-bond donors (Lipinski definition) is 1. The van der Waals surface area contributed by atoms with Crippen molar-refractivity contribution in [2.24, 2.45) is 5.73 Å². The number of amides is 1. The van der Waals surface area contributed by atoms with Gasteiger partial charge in [-0.2, -0.15) is 0 Å². The van der Waals surface area contributed by atoms with Crippen LogP contribution in [0.1, 0.15) is 32.6 Å². The van der Waals surface area contributed by atoms with E-state index in [2.05, 4.69) is 0 Å². The minimum Gasteiger partial charge on any atom is -0.372 e. The fourth-order valence-corrected chi connectivity index (χ4v) is 2.09. The summed E-state index contributed by atoms with van der Waals surface area (Å²) in [6.07, 6.45) is 4.33. The molecule has 15 heavy (non-hydrogen) atoms. The van der Waals surface area contributed by atoms with Crippen LogP contribution >= 0.6 is 0 Å². The van der Waals surface area contributed by atoms with E-state index in [9.17, 15) is 4.79 Å². The molecule has 4 heteroatoms. The molecule has 1 atom stereocenters. The Balaban J connectivity index is 2.43. The van der Waals surface area contributed by atoms with Crippen LogP contribution in [0.2, 0.25) is 0 Å². The van der Waals surface area contributed by atoms with E-state index >= 15 is 0 Å². The summed E-state index contributed by atoms with van der Waals surface area (Å²) < 4.78 is 5.15. The van der Waals surface area contributed by atoms with Crippen molar-refractivity contribution in [3.63, 3.8) is 0 Å². The maximum absolute atomic E-state index is 11.8. The standard InChI is InChI=1S/C11H22N2O2/c1-2-15-9-11(14)13-8-4-3-5-10(13)6-7-12/h10H,2-9,12H2,1H3. The number of rotatable bonds is 5. The Morgan fingerprint density at radius 1 is 1.53 bits per heavy atom. The Hall–Kier alpha value is -0.610. The molecule has 0 aromatic heterocycles. The molecule has 0 aliphatic carbocycles. The van der Waals surface area contributed by atoms with Gasteiger partial charge in [-0.25, -0.2) is 0 Å². The lowest BCUT2D eigenvalue weighted by molar-refractivity contribution is -0.139. The van der Waals surface area contributed by atoms with Crippen LogP contribution in [0, 0.1) is 0 Å². The van der Waals surface area contributed by atoms with E-state index in [1.54, 1.807) is 0 Å². The number of nitrogens with two attached hydrogens (primary N) is 1. The molecule has 0 radical (unpaired) electrons. The van der Waals surface area contributed by atoms with Gasteiger partial charge in [0, 0.05) is 19.2 Å². The van der Waals surface area contributed by atoms with Crippen LogP contribution in [-0.2, 0) is 9.53 Å². The molecule has 1 saturated heterocycles. The predicted molar refractivity (Wildman–Crippen MR) is 59.5 cm³/mol. The van der Waals surface area contributed by atoms with E-state index in [4.69, 9.17) is 10.5 Å². The van der Waals surface area contributed by atoms with Crippen LogP contribution in [0.5, 0.6) is 0 Å². The van der Waals surface area contributed by atoms with Gasteiger partial charge >= 0.3 is 0 Å². The van der Waals surface area contributed by atoms with Crippen molar-refractivity contribution in [3.8, 4) is 0 Å². The van der Waals surface area contributed by atoms with Gasteiger partial charge in [0.05, 0.1) is 0 Å². The molecule has 1 heterocycles. The molecule has 1 unspecified atom stereocenters. The summed E-state index contributed by atoms with van der Waals surface area (Å²) in [6.45, 7) is 4.25. The minimum atomic E-state index is 0.120. The second-order valence-electron chi connectivity index (χ2n) is 3.95. The molecule has 0 bridgehead atoms. The number of likely N-dealkylation sites (tertiary alicyclic amines) is 1. The lowest BCUT2D eigenvalue weighted by Crippen LogP contribution is -2.46. The van der Waals surface area contributed by atoms with Gasteiger partial charge in [0.2, 0.25) is 5.91 Å². The zero-order valence-electron chi connectivity index (χ0n) is 9.58. The lowest BCUT2D eigenvalue weighted by Gasteiger charge is -2.35. The molecule has 1 aliphatic rings. The van der Waals surface area contributed by atoms with Crippen LogP contribution in [0.15, 0.2) is 0 Å². The Kier molecular flexibility index (Phi) is 5.65. The highest BCUT2D eigenvalue weighted by atomic mass is 16.5.